The number of hydrogen-bond acceptors (Lipinski definition) is 4. The molecule has 94 valence electrons. The first-order valence-electron chi connectivity index (χ1n) is 5.90. The van der Waals surface area contributed by atoms with E-state index >= 15 is 0 Å². The third kappa shape index (κ3) is 4.30. The Kier molecular flexibility index (Phi) is 5.26. The second-order valence-corrected chi connectivity index (χ2v) is 3.72. The predicted molar refractivity (Wildman–Crippen MR) is 69.7 cm³/mol. The van der Waals surface area contributed by atoms with E-state index < -0.39 is 0 Å². The van der Waals surface area contributed by atoms with Crippen LogP contribution < -0.4 is 11.1 Å². The summed E-state index contributed by atoms with van der Waals surface area (Å²) in [7, 11) is 0. The predicted octanol–water partition coefficient (Wildman–Crippen LogP) is 1.33. The van der Waals surface area contributed by atoms with Crippen molar-refractivity contribution in [3.8, 4) is 0 Å². The van der Waals surface area contributed by atoms with Crippen molar-refractivity contribution in [1.29, 1.82) is 0 Å². The van der Waals surface area contributed by atoms with Crippen LogP contribution >= 0.6 is 0 Å². The highest BCUT2D eigenvalue weighted by Gasteiger charge is 2.08. The molecule has 0 aliphatic rings. The number of rotatable bonds is 6. The molecule has 0 fully saturated rings. The lowest BCUT2D eigenvalue weighted by molar-refractivity contribution is -0.130. The standard InChI is InChI=1S/C12H20N4O/c1-3-16(4-2)12(17)6-8-15-11-9-10(13)5-7-14-11/h5,7,9H,3-4,6,8H2,1-2H3,(H3,13,14,15). The summed E-state index contributed by atoms with van der Waals surface area (Å²) in [5.41, 5.74) is 6.29. The molecule has 0 spiro atoms. The lowest BCUT2D eigenvalue weighted by Crippen LogP contribution is -2.31. The van der Waals surface area contributed by atoms with Crippen molar-refractivity contribution in [3.63, 3.8) is 0 Å². The molecule has 1 rings (SSSR count). The molecule has 3 N–H and O–H groups in total. The second-order valence-electron chi connectivity index (χ2n) is 3.72. The van der Waals surface area contributed by atoms with Gasteiger partial charge in [0, 0.05) is 44.0 Å². The van der Waals surface area contributed by atoms with Gasteiger partial charge in [0.15, 0.2) is 0 Å². The van der Waals surface area contributed by atoms with Crippen LogP contribution in [0.5, 0.6) is 0 Å². The maximum Gasteiger partial charge on any atom is 0.224 e. The van der Waals surface area contributed by atoms with Crippen molar-refractivity contribution in [1.82, 2.24) is 9.88 Å². The van der Waals surface area contributed by atoms with E-state index in [1.807, 2.05) is 18.7 Å². The van der Waals surface area contributed by atoms with Crippen molar-refractivity contribution in [2.24, 2.45) is 0 Å². The van der Waals surface area contributed by atoms with E-state index in [1.54, 1.807) is 18.3 Å². The molecule has 0 aromatic carbocycles. The van der Waals surface area contributed by atoms with E-state index in [0.29, 0.717) is 24.5 Å². The van der Waals surface area contributed by atoms with Crippen LogP contribution in [-0.2, 0) is 4.79 Å². The highest BCUT2D eigenvalue weighted by atomic mass is 16.2. The third-order valence-electron chi connectivity index (χ3n) is 2.55. The zero-order valence-corrected chi connectivity index (χ0v) is 10.4. The van der Waals surface area contributed by atoms with E-state index in [1.165, 1.54) is 0 Å². The number of nitrogens with zero attached hydrogens (tertiary/aromatic N) is 2. The smallest absolute Gasteiger partial charge is 0.224 e. The minimum atomic E-state index is 0.159. The van der Waals surface area contributed by atoms with Gasteiger partial charge in [-0.3, -0.25) is 4.79 Å². The summed E-state index contributed by atoms with van der Waals surface area (Å²) in [5, 5.41) is 3.08. The average Bonchev–Trinajstić information content (AvgIpc) is 2.30. The molecule has 0 aliphatic heterocycles. The van der Waals surface area contributed by atoms with E-state index in [0.717, 1.165) is 13.1 Å². The third-order valence-corrected chi connectivity index (χ3v) is 2.55. The Bertz CT molecular complexity index is 363. The highest BCUT2D eigenvalue weighted by Crippen LogP contribution is 2.07. The number of amides is 1. The first-order valence-corrected chi connectivity index (χ1v) is 5.90. The molecule has 5 heteroatoms. The SMILES string of the molecule is CCN(CC)C(=O)CCNc1cc(N)ccn1. The lowest BCUT2D eigenvalue weighted by atomic mass is 10.3. The molecule has 1 aromatic rings. The molecule has 0 bridgehead atoms. The van der Waals surface area contributed by atoms with Crippen LogP contribution in [0.4, 0.5) is 11.5 Å². The van der Waals surface area contributed by atoms with Gasteiger partial charge >= 0.3 is 0 Å². The number of pyridine rings is 1. The van der Waals surface area contributed by atoms with E-state index in [2.05, 4.69) is 10.3 Å². The monoisotopic (exact) mass is 236 g/mol. The summed E-state index contributed by atoms with van der Waals surface area (Å²) in [6.07, 6.45) is 2.11. The summed E-state index contributed by atoms with van der Waals surface area (Å²) in [4.78, 5) is 17.6. The highest BCUT2D eigenvalue weighted by molar-refractivity contribution is 5.76. The molecule has 0 unspecified atom stereocenters. The van der Waals surface area contributed by atoms with Crippen LogP contribution in [0.2, 0.25) is 0 Å². The van der Waals surface area contributed by atoms with Gasteiger partial charge in [-0.15, -0.1) is 0 Å². The first kappa shape index (κ1) is 13.3. The molecule has 0 saturated heterocycles. The molecule has 1 aromatic heterocycles. The molecule has 0 atom stereocenters. The topological polar surface area (TPSA) is 71.2 Å². The number of aromatic nitrogens is 1. The van der Waals surface area contributed by atoms with E-state index in [-0.39, 0.29) is 5.91 Å². The van der Waals surface area contributed by atoms with Crippen LogP contribution in [0, 0.1) is 0 Å². The number of carbonyl (C=O) groups excluding carboxylic acids is 1. The molecule has 1 heterocycles. The van der Waals surface area contributed by atoms with Gasteiger partial charge < -0.3 is 16.0 Å². The Morgan fingerprint density at radius 3 is 2.76 bits per heavy atom. The van der Waals surface area contributed by atoms with Crippen LogP contribution in [0.3, 0.4) is 0 Å². The zero-order valence-electron chi connectivity index (χ0n) is 10.4. The first-order chi connectivity index (χ1) is 8.17. The Balaban J connectivity index is 2.35. The minimum absolute atomic E-state index is 0.159. The Labute approximate surface area is 102 Å². The lowest BCUT2D eigenvalue weighted by Gasteiger charge is -2.18. The van der Waals surface area contributed by atoms with Gasteiger partial charge in [0.1, 0.15) is 5.82 Å². The van der Waals surface area contributed by atoms with Crippen LogP contribution in [-0.4, -0.2) is 35.4 Å². The number of hydrogen-bond donors (Lipinski definition) is 2. The van der Waals surface area contributed by atoms with Crippen molar-refractivity contribution >= 4 is 17.4 Å². The van der Waals surface area contributed by atoms with Gasteiger partial charge in [-0.1, -0.05) is 0 Å². The van der Waals surface area contributed by atoms with E-state index in [4.69, 9.17) is 5.73 Å². The van der Waals surface area contributed by atoms with Crippen molar-refractivity contribution in [2.45, 2.75) is 20.3 Å². The van der Waals surface area contributed by atoms with Gasteiger partial charge in [-0.05, 0) is 19.9 Å². The van der Waals surface area contributed by atoms with Gasteiger partial charge in [-0.2, -0.15) is 0 Å². The maximum absolute atomic E-state index is 11.7. The number of nitrogens with one attached hydrogen (secondary N) is 1. The molecule has 0 aliphatic carbocycles. The molecule has 0 radical (unpaired) electrons. The number of anilines is 2. The van der Waals surface area contributed by atoms with Crippen molar-refractivity contribution in [2.75, 3.05) is 30.7 Å². The Morgan fingerprint density at radius 2 is 2.18 bits per heavy atom. The number of nitrogen functional groups attached to an aromatic ring is 1. The molecule has 0 saturated carbocycles. The molecule has 5 nitrogen and oxygen atoms in total. The fraction of sp³-hybridized carbons (Fsp3) is 0.500. The largest absolute Gasteiger partial charge is 0.399 e. The van der Waals surface area contributed by atoms with Crippen LogP contribution in [0.25, 0.3) is 0 Å². The fourth-order valence-corrected chi connectivity index (χ4v) is 1.58. The second kappa shape index (κ2) is 6.73. The minimum Gasteiger partial charge on any atom is -0.399 e. The Hall–Kier alpha value is -1.78. The summed E-state index contributed by atoms with van der Waals surface area (Å²) >= 11 is 0. The quantitative estimate of drug-likeness (QED) is 0.781. The fourth-order valence-electron chi connectivity index (χ4n) is 1.58. The summed E-state index contributed by atoms with van der Waals surface area (Å²) in [6.45, 7) is 6.05. The molecule has 1 amide bonds. The van der Waals surface area contributed by atoms with Gasteiger partial charge in [0.25, 0.3) is 0 Å². The van der Waals surface area contributed by atoms with Crippen LogP contribution in [0.15, 0.2) is 18.3 Å². The average molecular weight is 236 g/mol. The zero-order chi connectivity index (χ0) is 12.7. The number of nitrogens with two attached hydrogens (primary N) is 1. The molecular weight excluding hydrogens is 216 g/mol. The summed E-state index contributed by atoms with van der Waals surface area (Å²) in [6, 6.07) is 3.48. The van der Waals surface area contributed by atoms with Gasteiger partial charge in [-0.25, -0.2) is 4.98 Å². The van der Waals surface area contributed by atoms with E-state index in [9.17, 15) is 4.79 Å². The Morgan fingerprint density at radius 1 is 1.47 bits per heavy atom. The van der Waals surface area contributed by atoms with Crippen LogP contribution in [0.1, 0.15) is 20.3 Å². The summed E-state index contributed by atoms with van der Waals surface area (Å²) in [5.74, 6) is 0.865. The normalized spacial score (nSPS) is 10.0. The number of carbonyl (C=O) groups is 1. The summed E-state index contributed by atoms with van der Waals surface area (Å²) < 4.78 is 0. The van der Waals surface area contributed by atoms with Crippen molar-refractivity contribution < 1.29 is 4.79 Å². The van der Waals surface area contributed by atoms with Gasteiger partial charge in [0.2, 0.25) is 5.91 Å². The molecular formula is C12H20N4O. The maximum atomic E-state index is 11.7. The van der Waals surface area contributed by atoms with Gasteiger partial charge in [0.05, 0.1) is 0 Å². The van der Waals surface area contributed by atoms with Crippen molar-refractivity contribution in [3.05, 3.63) is 18.3 Å². The molecule has 17 heavy (non-hydrogen) atoms.